The van der Waals surface area contributed by atoms with E-state index in [4.69, 9.17) is 4.74 Å². The van der Waals surface area contributed by atoms with Crippen molar-refractivity contribution in [3.8, 4) is 11.6 Å². The molecule has 2 aromatic carbocycles. The van der Waals surface area contributed by atoms with Crippen molar-refractivity contribution < 1.29 is 9.13 Å². The largest absolute Gasteiger partial charge is 0.438 e. The molecule has 0 saturated heterocycles. The minimum atomic E-state index is -0.384. The van der Waals surface area contributed by atoms with Crippen LogP contribution in [0.1, 0.15) is 0 Å². The zero-order valence-corrected chi connectivity index (χ0v) is 11.4. The number of hydrogen-bond donors (Lipinski definition) is 0. The van der Waals surface area contributed by atoms with E-state index < -0.39 is 0 Å². The number of ether oxygens (including phenoxy) is 1. The second kappa shape index (κ2) is 4.97. The van der Waals surface area contributed by atoms with Gasteiger partial charge in [-0.3, -0.25) is 0 Å². The van der Waals surface area contributed by atoms with E-state index in [-0.39, 0.29) is 5.82 Å². The van der Waals surface area contributed by atoms with Crippen molar-refractivity contribution in [2.75, 3.05) is 0 Å². The molecule has 1 aromatic heterocycles. The zero-order valence-electron chi connectivity index (χ0n) is 9.81. The Bertz CT molecular complexity index is 728. The topological polar surface area (TPSA) is 22.1 Å². The van der Waals surface area contributed by atoms with Gasteiger partial charge in [0, 0.05) is 6.07 Å². The molecule has 94 valence electrons. The van der Waals surface area contributed by atoms with Crippen LogP contribution in [-0.4, -0.2) is 4.98 Å². The van der Waals surface area contributed by atoms with E-state index in [1.807, 2.05) is 36.4 Å². The molecule has 0 fully saturated rings. The summed E-state index contributed by atoms with van der Waals surface area (Å²) in [6, 6.07) is 14.6. The van der Waals surface area contributed by atoms with Crippen LogP contribution in [0.15, 0.2) is 59.2 Å². The quantitative estimate of drug-likeness (QED) is 0.668. The molecule has 0 spiro atoms. The number of rotatable bonds is 2. The van der Waals surface area contributed by atoms with Crippen LogP contribution >= 0.6 is 15.9 Å². The van der Waals surface area contributed by atoms with Gasteiger partial charge in [-0.1, -0.05) is 30.3 Å². The van der Waals surface area contributed by atoms with Gasteiger partial charge in [-0.15, -0.1) is 0 Å². The highest BCUT2D eigenvalue weighted by atomic mass is 79.9. The number of hydrogen-bond acceptors (Lipinski definition) is 2. The van der Waals surface area contributed by atoms with Crippen LogP contribution in [0.4, 0.5) is 4.39 Å². The minimum Gasteiger partial charge on any atom is -0.438 e. The maximum Gasteiger partial charge on any atom is 0.219 e. The van der Waals surface area contributed by atoms with Gasteiger partial charge >= 0.3 is 0 Å². The Morgan fingerprint density at radius 3 is 2.63 bits per heavy atom. The van der Waals surface area contributed by atoms with Gasteiger partial charge in [0.2, 0.25) is 5.88 Å². The number of aromatic nitrogens is 1. The third kappa shape index (κ3) is 2.44. The first-order valence-corrected chi connectivity index (χ1v) is 6.50. The predicted molar refractivity (Wildman–Crippen MR) is 75.9 cm³/mol. The zero-order chi connectivity index (χ0) is 13.2. The molecule has 0 saturated carbocycles. The van der Waals surface area contributed by atoms with Gasteiger partial charge < -0.3 is 4.74 Å². The number of halogens is 2. The molecule has 0 aliphatic rings. The van der Waals surface area contributed by atoms with Crippen molar-refractivity contribution in [1.82, 2.24) is 4.98 Å². The highest BCUT2D eigenvalue weighted by molar-refractivity contribution is 9.10. The first kappa shape index (κ1) is 12.1. The molecule has 3 aromatic rings. The Balaban J connectivity index is 2.01. The standard InChI is InChI=1S/C15H9BrFNO/c16-15-12-4-2-1-3-10(12)5-7-13(15)19-14-8-6-11(17)9-18-14/h1-9H. The molecule has 2 nitrogen and oxygen atoms in total. The van der Waals surface area contributed by atoms with Gasteiger partial charge in [-0.05, 0) is 38.8 Å². The van der Waals surface area contributed by atoms with Gasteiger partial charge in [-0.25, -0.2) is 9.37 Å². The van der Waals surface area contributed by atoms with Crippen molar-refractivity contribution in [1.29, 1.82) is 0 Å². The van der Waals surface area contributed by atoms with Gasteiger partial charge in [0.1, 0.15) is 11.6 Å². The molecule has 0 atom stereocenters. The monoisotopic (exact) mass is 317 g/mol. The van der Waals surface area contributed by atoms with Crippen molar-refractivity contribution in [3.63, 3.8) is 0 Å². The molecule has 19 heavy (non-hydrogen) atoms. The van der Waals surface area contributed by atoms with E-state index in [0.29, 0.717) is 11.6 Å². The van der Waals surface area contributed by atoms with Gasteiger partial charge in [0.05, 0.1) is 10.7 Å². The van der Waals surface area contributed by atoms with Crippen LogP contribution in [0.2, 0.25) is 0 Å². The molecule has 0 unspecified atom stereocenters. The highest BCUT2D eigenvalue weighted by Gasteiger charge is 2.07. The maximum atomic E-state index is 12.8. The molecule has 0 amide bonds. The summed E-state index contributed by atoms with van der Waals surface area (Å²) in [7, 11) is 0. The molecule has 4 heteroatoms. The number of fused-ring (bicyclic) bond motifs is 1. The van der Waals surface area contributed by atoms with Crippen LogP contribution in [0.3, 0.4) is 0 Å². The summed E-state index contributed by atoms with van der Waals surface area (Å²) in [5.41, 5.74) is 0. The molecule has 0 aliphatic heterocycles. The normalized spacial score (nSPS) is 10.6. The first-order valence-electron chi connectivity index (χ1n) is 5.71. The second-order valence-corrected chi connectivity index (χ2v) is 4.81. The molecule has 0 N–H and O–H groups in total. The van der Waals surface area contributed by atoms with Crippen LogP contribution in [-0.2, 0) is 0 Å². The molecular formula is C15H9BrFNO. The molecule has 3 rings (SSSR count). The van der Waals surface area contributed by atoms with Crippen LogP contribution in [0, 0.1) is 5.82 Å². The number of benzene rings is 2. The molecule has 0 radical (unpaired) electrons. The summed E-state index contributed by atoms with van der Waals surface area (Å²) < 4.78 is 19.3. The van der Waals surface area contributed by atoms with E-state index in [0.717, 1.165) is 21.4 Å². The average molecular weight is 318 g/mol. The highest BCUT2D eigenvalue weighted by Crippen LogP contribution is 2.35. The second-order valence-electron chi connectivity index (χ2n) is 4.02. The summed E-state index contributed by atoms with van der Waals surface area (Å²) in [4.78, 5) is 3.88. The molecule has 0 bridgehead atoms. The fraction of sp³-hybridized carbons (Fsp3) is 0. The lowest BCUT2D eigenvalue weighted by Crippen LogP contribution is -1.89. The summed E-state index contributed by atoms with van der Waals surface area (Å²) in [5, 5.41) is 2.18. The van der Waals surface area contributed by atoms with Crippen molar-refractivity contribution in [2.45, 2.75) is 0 Å². The predicted octanol–water partition coefficient (Wildman–Crippen LogP) is 4.93. The third-order valence-electron chi connectivity index (χ3n) is 2.74. The SMILES string of the molecule is Fc1ccc(Oc2ccc3ccccc3c2Br)nc1. The fourth-order valence-corrected chi connectivity index (χ4v) is 2.40. The van der Waals surface area contributed by atoms with Crippen LogP contribution in [0.5, 0.6) is 11.6 Å². The Morgan fingerprint density at radius 1 is 1.00 bits per heavy atom. The van der Waals surface area contributed by atoms with Crippen LogP contribution in [0.25, 0.3) is 10.8 Å². The lowest BCUT2D eigenvalue weighted by molar-refractivity contribution is 0.457. The van der Waals surface area contributed by atoms with E-state index in [1.54, 1.807) is 0 Å². The summed E-state index contributed by atoms with van der Waals surface area (Å²) in [6.07, 6.45) is 1.13. The number of nitrogens with zero attached hydrogens (tertiary/aromatic N) is 1. The lowest BCUT2D eigenvalue weighted by atomic mass is 10.1. The minimum absolute atomic E-state index is 0.359. The Kier molecular flexibility index (Phi) is 3.17. The van der Waals surface area contributed by atoms with Gasteiger partial charge in [-0.2, -0.15) is 0 Å². The van der Waals surface area contributed by atoms with E-state index in [9.17, 15) is 4.39 Å². The first-order chi connectivity index (χ1) is 9.24. The van der Waals surface area contributed by atoms with Crippen LogP contribution < -0.4 is 4.74 Å². The van der Waals surface area contributed by atoms with E-state index >= 15 is 0 Å². The van der Waals surface area contributed by atoms with Crippen molar-refractivity contribution in [3.05, 3.63) is 65.0 Å². The van der Waals surface area contributed by atoms with Crippen molar-refractivity contribution >= 4 is 26.7 Å². The number of pyridine rings is 1. The third-order valence-corrected chi connectivity index (χ3v) is 3.56. The summed E-state index contributed by atoms with van der Waals surface area (Å²) >= 11 is 3.53. The summed E-state index contributed by atoms with van der Waals surface area (Å²) in [6.45, 7) is 0. The van der Waals surface area contributed by atoms with Crippen molar-refractivity contribution in [2.24, 2.45) is 0 Å². The molecule has 1 heterocycles. The van der Waals surface area contributed by atoms with Gasteiger partial charge in [0.15, 0.2) is 0 Å². The summed E-state index contributed by atoms with van der Waals surface area (Å²) in [5.74, 6) is 0.625. The maximum absolute atomic E-state index is 12.8. The van der Waals surface area contributed by atoms with E-state index in [2.05, 4.69) is 20.9 Å². The Labute approximate surface area is 118 Å². The Hall–Kier alpha value is -1.94. The van der Waals surface area contributed by atoms with E-state index in [1.165, 1.54) is 12.1 Å². The molecular weight excluding hydrogens is 309 g/mol. The lowest BCUT2D eigenvalue weighted by Gasteiger charge is -2.09. The fourth-order valence-electron chi connectivity index (χ4n) is 1.83. The average Bonchev–Trinajstić information content (AvgIpc) is 2.45. The smallest absolute Gasteiger partial charge is 0.219 e. The Morgan fingerprint density at radius 2 is 1.84 bits per heavy atom. The van der Waals surface area contributed by atoms with Gasteiger partial charge in [0.25, 0.3) is 0 Å². The molecule has 0 aliphatic carbocycles.